The van der Waals surface area contributed by atoms with Gasteiger partial charge in [0, 0.05) is 23.6 Å². The SMILES string of the molecule is CC(C)CC(NC(=O)c1ccc(-n2cccc2)cc1)C(=O)N[C@@H]1C(=O)CO[C@@H]1C. The van der Waals surface area contributed by atoms with E-state index in [0.29, 0.717) is 12.0 Å². The van der Waals surface area contributed by atoms with Gasteiger partial charge in [-0.1, -0.05) is 13.8 Å². The second kappa shape index (κ2) is 9.05. The first-order chi connectivity index (χ1) is 13.8. The molecule has 7 nitrogen and oxygen atoms in total. The lowest BCUT2D eigenvalue weighted by Gasteiger charge is -2.23. The Kier molecular flexibility index (Phi) is 6.49. The molecule has 29 heavy (non-hydrogen) atoms. The minimum atomic E-state index is -0.729. The number of hydrogen-bond donors (Lipinski definition) is 2. The summed E-state index contributed by atoms with van der Waals surface area (Å²) in [6.45, 7) is 5.70. The average Bonchev–Trinajstić information content (AvgIpc) is 3.33. The molecule has 2 aromatic rings. The van der Waals surface area contributed by atoms with Gasteiger partial charge in [-0.2, -0.15) is 0 Å². The highest BCUT2D eigenvalue weighted by atomic mass is 16.5. The maximum atomic E-state index is 12.8. The fraction of sp³-hybridized carbons (Fsp3) is 0.409. The molecule has 0 aliphatic carbocycles. The standard InChI is InChI=1S/C22H27N3O4/c1-14(2)12-18(22(28)24-20-15(3)29-13-19(20)26)23-21(27)16-6-8-17(9-7-16)25-10-4-5-11-25/h4-11,14-15,18,20H,12-13H2,1-3H3,(H,23,27)(H,24,28)/t15-,18?,20+/m1/s1. The molecular weight excluding hydrogens is 370 g/mol. The van der Waals surface area contributed by atoms with Crippen molar-refractivity contribution in [2.75, 3.05) is 6.61 Å². The molecule has 1 aromatic carbocycles. The fourth-order valence-electron chi connectivity index (χ4n) is 3.35. The summed E-state index contributed by atoms with van der Waals surface area (Å²) in [6, 6.07) is 9.61. The van der Waals surface area contributed by atoms with Crippen molar-refractivity contribution in [1.29, 1.82) is 0 Å². The van der Waals surface area contributed by atoms with Gasteiger partial charge in [-0.3, -0.25) is 14.4 Å². The quantitative estimate of drug-likeness (QED) is 0.749. The molecule has 3 atom stereocenters. The predicted octanol–water partition coefficient (Wildman–Crippen LogP) is 2.09. The van der Waals surface area contributed by atoms with E-state index in [0.717, 1.165) is 5.69 Å². The number of amides is 2. The van der Waals surface area contributed by atoms with Crippen molar-refractivity contribution in [2.45, 2.75) is 45.4 Å². The van der Waals surface area contributed by atoms with E-state index < -0.39 is 12.1 Å². The smallest absolute Gasteiger partial charge is 0.251 e. The van der Waals surface area contributed by atoms with Gasteiger partial charge in [0.2, 0.25) is 5.91 Å². The molecule has 1 unspecified atom stereocenters. The number of Topliss-reactive ketones (excluding diaryl/α,β-unsaturated/α-hetero) is 1. The first kappa shape index (κ1) is 20.8. The van der Waals surface area contributed by atoms with E-state index in [-0.39, 0.29) is 36.2 Å². The molecule has 1 aromatic heterocycles. The summed E-state index contributed by atoms with van der Waals surface area (Å²) in [5, 5.41) is 5.55. The molecule has 3 rings (SSSR count). The summed E-state index contributed by atoms with van der Waals surface area (Å²) in [5.74, 6) is -0.658. The first-order valence-electron chi connectivity index (χ1n) is 9.84. The summed E-state index contributed by atoms with van der Waals surface area (Å²) in [4.78, 5) is 37.4. The first-order valence-corrected chi connectivity index (χ1v) is 9.84. The van der Waals surface area contributed by atoms with E-state index in [1.807, 2.05) is 55.1 Å². The van der Waals surface area contributed by atoms with Crippen LogP contribution in [0.25, 0.3) is 5.69 Å². The Morgan fingerprint density at radius 2 is 1.83 bits per heavy atom. The maximum Gasteiger partial charge on any atom is 0.251 e. The molecule has 1 fully saturated rings. The molecule has 1 aliphatic rings. The van der Waals surface area contributed by atoms with Crippen LogP contribution in [-0.4, -0.2) is 47.0 Å². The van der Waals surface area contributed by atoms with Crippen molar-refractivity contribution in [2.24, 2.45) is 5.92 Å². The second-order valence-electron chi connectivity index (χ2n) is 7.76. The van der Waals surface area contributed by atoms with Crippen molar-refractivity contribution in [3.63, 3.8) is 0 Å². The maximum absolute atomic E-state index is 12.8. The summed E-state index contributed by atoms with van der Waals surface area (Å²) >= 11 is 0. The van der Waals surface area contributed by atoms with E-state index in [9.17, 15) is 14.4 Å². The van der Waals surface area contributed by atoms with E-state index in [1.165, 1.54) is 0 Å². The number of nitrogens with one attached hydrogen (secondary N) is 2. The molecule has 0 bridgehead atoms. The number of nitrogens with zero attached hydrogens (tertiary/aromatic N) is 1. The average molecular weight is 397 g/mol. The van der Waals surface area contributed by atoms with Gasteiger partial charge >= 0.3 is 0 Å². The van der Waals surface area contributed by atoms with Gasteiger partial charge in [-0.25, -0.2) is 0 Å². The summed E-state index contributed by atoms with van der Waals surface area (Å²) < 4.78 is 7.22. The lowest BCUT2D eigenvalue weighted by molar-refractivity contribution is -0.127. The van der Waals surface area contributed by atoms with Crippen molar-refractivity contribution >= 4 is 17.6 Å². The van der Waals surface area contributed by atoms with Gasteiger partial charge in [0.15, 0.2) is 5.78 Å². The highest BCUT2D eigenvalue weighted by molar-refractivity contribution is 5.99. The molecule has 154 valence electrons. The van der Waals surface area contributed by atoms with E-state index >= 15 is 0 Å². The Balaban J connectivity index is 1.68. The van der Waals surface area contributed by atoms with Crippen LogP contribution in [0.2, 0.25) is 0 Å². The number of benzene rings is 1. The zero-order chi connectivity index (χ0) is 21.0. The van der Waals surface area contributed by atoms with Crippen LogP contribution in [-0.2, 0) is 14.3 Å². The van der Waals surface area contributed by atoms with Crippen LogP contribution in [0.1, 0.15) is 37.6 Å². The number of carbonyl (C=O) groups is 3. The molecule has 0 saturated carbocycles. The molecule has 1 saturated heterocycles. The lowest BCUT2D eigenvalue weighted by atomic mass is 10.0. The molecule has 2 N–H and O–H groups in total. The molecular formula is C22H27N3O4. The zero-order valence-electron chi connectivity index (χ0n) is 16.9. The highest BCUT2D eigenvalue weighted by Crippen LogP contribution is 2.13. The summed E-state index contributed by atoms with van der Waals surface area (Å²) in [5.41, 5.74) is 1.41. The minimum absolute atomic E-state index is 0.00105. The normalized spacial score (nSPS) is 19.9. The Morgan fingerprint density at radius 3 is 2.38 bits per heavy atom. The molecule has 7 heteroatoms. The monoisotopic (exact) mass is 397 g/mol. The summed E-state index contributed by atoms with van der Waals surface area (Å²) in [6.07, 6.45) is 3.94. The van der Waals surface area contributed by atoms with Gasteiger partial charge in [-0.05, 0) is 55.7 Å². The van der Waals surface area contributed by atoms with Crippen molar-refractivity contribution in [1.82, 2.24) is 15.2 Å². The third-order valence-corrected chi connectivity index (χ3v) is 4.96. The van der Waals surface area contributed by atoms with Gasteiger partial charge in [0.1, 0.15) is 18.7 Å². The fourth-order valence-corrected chi connectivity index (χ4v) is 3.35. The minimum Gasteiger partial charge on any atom is -0.368 e. The third kappa shape index (κ3) is 5.12. The largest absolute Gasteiger partial charge is 0.368 e. The molecule has 1 aliphatic heterocycles. The molecule has 0 radical (unpaired) electrons. The molecule has 2 amide bonds. The van der Waals surface area contributed by atoms with Crippen molar-refractivity contribution < 1.29 is 19.1 Å². The van der Waals surface area contributed by atoms with Crippen LogP contribution in [0.15, 0.2) is 48.8 Å². The summed E-state index contributed by atoms with van der Waals surface area (Å²) in [7, 11) is 0. The number of aromatic nitrogens is 1. The van der Waals surface area contributed by atoms with Crippen molar-refractivity contribution in [3.8, 4) is 5.69 Å². The zero-order valence-corrected chi connectivity index (χ0v) is 16.9. The highest BCUT2D eigenvalue weighted by Gasteiger charge is 2.35. The topological polar surface area (TPSA) is 89.4 Å². The van der Waals surface area contributed by atoms with Gasteiger partial charge in [0.05, 0.1) is 6.10 Å². The van der Waals surface area contributed by atoms with Gasteiger partial charge < -0.3 is 19.9 Å². The van der Waals surface area contributed by atoms with Crippen LogP contribution in [0.3, 0.4) is 0 Å². The number of rotatable bonds is 7. The van der Waals surface area contributed by atoms with Gasteiger partial charge in [0.25, 0.3) is 5.91 Å². The van der Waals surface area contributed by atoms with Gasteiger partial charge in [-0.15, -0.1) is 0 Å². The Bertz CT molecular complexity index is 859. The van der Waals surface area contributed by atoms with Crippen LogP contribution < -0.4 is 10.6 Å². The third-order valence-electron chi connectivity index (χ3n) is 4.96. The molecule has 0 spiro atoms. The Labute approximate surface area is 170 Å². The molecule has 2 heterocycles. The number of carbonyl (C=O) groups excluding carboxylic acids is 3. The number of ketones is 1. The van der Waals surface area contributed by atoms with Crippen LogP contribution in [0.4, 0.5) is 0 Å². The van der Waals surface area contributed by atoms with E-state index in [1.54, 1.807) is 19.1 Å². The van der Waals surface area contributed by atoms with Crippen LogP contribution in [0.5, 0.6) is 0 Å². The Morgan fingerprint density at radius 1 is 1.17 bits per heavy atom. The number of ether oxygens (including phenoxy) is 1. The van der Waals surface area contributed by atoms with Crippen LogP contribution >= 0.6 is 0 Å². The van der Waals surface area contributed by atoms with Crippen molar-refractivity contribution in [3.05, 3.63) is 54.4 Å². The lowest BCUT2D eigenvalue weighted by Crippen LogP contribution is -2.53. The number of hydrogen-bond acceptors (Lipinski definition) is 4. The van der Waals surface area contributed by atoms with Crippen LogP contribution in [0, 0.1) is 5.92 Å². The van der Waals surface area contributed by atoms with E-state index in [4.69, 9.17) is 4.74 Å². The second-order valence-corrected chi connectivity index (χ2v) is 7.76. The predicted molar refractivity (Wildman–Crippen MR) is 109 cm³/mol. The van der Waals surface area contributed by atoms with E-state index in [2.05, 4.69) is 10.6 Å². The Hall–Kier alpha value is -2.93.